The zero-order valence-electron chi connectivity index (χ0n) is 26.4. The minimum Gasteiger partial charge on any atom is -0.283 e. The summed E-state index contributed by atoms with van der Waals surface area (Å²) in [4.78, 5) is 1.55. The van der Waals surface area contributed by atoms with Crippen LogP contribution in [0.5, 0.6) is 0 Å². The molecule has 234 valence electrons. The molecule has 0 radical (unpaired) electrons. The quantitative estimate of drug-likeness (QED) is 0.276. The maximum Gasteiger partial charge on any atom is 0.260 e. The van der Waals surface area contributed by atoms with Crippen LogP contribution in [0.25, 0.3) is 11.6 Å². The lowest BCUT2D eigenvalue weighted by molar-refractivity contribution is -0.0539. The van der Waals surface area contributed by atoms with Gasteiger partial charge in [0, 0.05) is 18.0 Å². The first-order valence-corrected chi connectivity index (χ1v) is 15.5. The van der Waals surface area contributed by atoms with Crippen molar-refractivity contribution in [3.05, 3.63) is 82.4 Å². The summed E-state index contributed by atoms with van der Waals surface area (Å²) in [6.07, 6.45) is 9.56. The Bertz CT molecular complexity index is 1120. The number of nitrogens with zero attached hydrogens (tertiary/aromatic N) is 1. The summed E-state index contributed by atoms with van der Waals surface area (Å²) in [6.45, 7) is 14.0. The molecule has 2 aromatic rings. The van der Waals surface area contributed by atoms with Crippen LogP contribution in [0.1, 0.15) is 114 Å². The monoisotopic (exact) mass is 591 g/mol. The number of hydrogen-bond donors (Lipinski definition) is 0. The Morgan fingerprint density at radius 1 is 0.976 bits per heavy atom. The third kappa shape index (κ3) is 10.1. The van der Waals surface area contributed by atoms with E-state index >= 15 is 8.78 Å². The molecule has 1 saturated carbocycles. The fourth-order valence-corrected chi connectivity index (χ4v) is 5.65. The van der Waals surface area contributed by atoms with E-state index in [0.717, 1.165) is 35.5 Å². The highest BCUT2D eigenvalue weighted by Crippen LogP contribution is 2.45. The van der Waals surface area contributed by atoms with Crippen molar-refractivity contribution >= 4 is 11.6 Å². The topological polar surface area (TPSA) is 3.24 Å². The minimum absolute atomic E-state index is 0.156. The fourth-order valence-electron chi connectivity index (χ4n) is 5.65. The molecule has 2 aliphatic rings. The molecule has 0 spiro atoms. The van der Waals surface area contributed by atoms with Gasteiger partial charge in [-0.3, -0.25) is 9.29 Å². The van der Waals surface area contributed by atoms with Crippen molar-refractivity contribution in [2.24, 2.45) is 5.92 Å². The Kier molecular flexibility index (Phi) is 14.4. The minimum atomic E-state index is -2.95. The Hall–Kier alpha value is -2.47. The maximum absolute atomic E-state index is 15.0. The summed E-state index contributed by atoms with van der Waals surface area (Å²) in [7, 11) is 0. The second-order valence-corrected chi connectivity index (χ2v) is 11.9. The molecule has 1 unspecified atom stereocenters. The lowest BCUT2D eigenvalue weighted by Gasteiger charge is -2.44. The lowest BCUT2D eigenvalue weighted by Crippen LogP contribution is -2.47. The van der Waals surface area contributed by atoms with Crippen molar-refractivity contribution in [3.63, 3.8) is 0 Å². The fraction of sp³-hybridized carbons (Fsp3) is 0.556. The second-order valence-electron chi connectivity index (χ2n) is 11.9. The van der Waals surface area contributed by atoms with Crippen molar-refractivity contribution in [1.82, 2.24) is 4.90 Å². The molecule has 2 aromatic carbocycles. The molecule has 42 heavy (non-hydrogen) atoms. The molecule has 0 saturated heterocycles. The standard InChI is InChI=1S/C26H29F4N.C6H12.C4H9F/c1-6-19-8-10-20(11-9-19)21-14-17(4)31(15-26(29,30)7-2)25(18(21)5)24-22(27)12-16(3)13-23(24)28;1-6-4-2-3-5-6;1-2-3-4-5/h6,8-13,17,25H,1,7,14-15H2,2-5H3;6H,2-5H2,1H3;2-4H2,1H3/t17-,25?;;/m1../s1. The number of aryl methyl sites for hydroxylation is 1. The molecular weight excluding hydrogens is 541 g/mol. The maximum atomic E-state index is 15.0. The summed E-state index contributed by atoms with van der Waals surface area (Å²) in [5, 5.41) is 0. The molecule has 4 rings (SSSR count). The van der Waals surface area contributed by atoms with Crippen molar-refractivity contribution < 1.29 is 22.0 Å². The number of alkyl halides is 3. The van der Waals surface area contributed by atoms with Crippen LogP contribution >= 0.6 is 0 Å². The normalized spacial score (nSPS) is 19.6. The number of rotatable bonds is 8. The van der Waals surface area contributed by atoms with Gasteiger partial charge < -0.3 is 0 Å². The van der Waals surface area contributed by atoms with Crippen LogP contribution in [0.2, 0.25) is 0 Å². The first kappa shape index (κ1) is 35.7. The van der Waals surface area contributed by atoms with E-state index in [1.165, 1.54) is 44.7 Å². The summed E-state index contributed by atoms with van der Waals surface area (Å²) in [6, 6.07) is 9.03. The van der Waals surface area contributed by atoms with Crippen LogP contribution in [-0.2, 0) is 0 Å². The van der Waals surface area contributed by atoms with Gasteiger partial charge in [-0.05, 0) is 79.5 Å². The highest BCUT2D eigenvalue weighted by molar-refractivity contribution is 5.72. The molecule has 1 nitrogen and oxygen atoms in total. The van der Waals surface area contributed by atoms with Crippen molar-refractivity contribution in [1.29, 1.82) is 0 Å². The van der Waals surface area contributed by atoms with Gasteiger partial charge in [0.05, 0.1) is 19.3 Å². The van der Waals surface area contributed by atoms with Gasteiger partial charge in [-0.2, -0.15) is 0 Å². The van der Waals surface area contributed by atoms with Gasteiger partial charge in [0.25, 0.3) is 5.92 Å². The third-order valence-corrected chi connectivity index (χ3v) is 8.34. The molecule has 2 atom stereocenters. The summed E-state index contributed by atoms with van der Waals surface area (Å²) >= 11 is 0. The van der Waals surface area contributed by atoms with Gasteiger partial charge >= 0.3 is 0 Å². The van der Waals surface area contributed by atoms with Crippen LogP contribution < -0.4 is 0 Å². The average molecular weight is 592 g/mol. The number of unbranched alkanes of at least 4 members (excludes halogenated alkanes) is 1. The van der Waals surface area contributed by atoms with Gasteiger partial charge in [-0.15, -0.1) is 0 Å². The zero-order valence-corrected chi connectivity index (χ0v) is 26.4. The van der Waals surface area contributed by atoms with Gasteiger partial charge in [0.2, 0.25) is 0 Å². The van der Waals surface area contributed by atoms with Crippen molar-refractivity contribution in [2.45, 2.75) is 111 Å². The Balaban J connectivity index is 0.000000469. The first-order chi connectivity index (χ1) is 19.9. The molecule has 1 fully saturated rings. The molecule has 1 aliphatic heterocycles. The smallest absolute Gasteiger partial charge is 0.260 e. The third-order valence-electron chi connectivity index (χ3n) is 8.34. The molecule has 0 N–H and O–H groups in total. The molecular formula is C36H50F5N. The van der Waals surface area contributed by atoms with E-state index in [4.69, 9.17) is 0 Å². The van der Waals surface area contributed by atoms with E-state index in [1.54, 1.807) is 24.8 Å². The Morgan fingerprint density at radius 3 is 1.95 bits per heavy atom. The van der Waals surface area contributed by atoms with Gasteiger partial charge in [0.1, 0.15) is 11.6 Å². The second kappa shape index (κ2) is 17.0. The van der Waals surface area contributed by atoms with Crippen LogP contribution in [0.3, 0.4) is 0 Å². The molecule has 6 heteroatoms. The summed E-state index contributed by atoms with van der Waals surface area (Å²) in [5.41, 5.74) is 3.80. The largest absolute Gasteiger partial charge is 0.283 e. The highest BCUT2D eigenvalue weighted by Gasteiger charge is 2.41. The predicted octanol–water partition coefficient (Wildman–Crippen LogP) is 11.5. The summed E-state index contributed by atoms with van der Waals surface area (Å²) < 4.78 is 69.9. The number of hydrogen-bond acceptors (Lipinski definition) is 1. The zero-order chi connectivity index (χ0) is 31.4. The molecule has 0 bridgehead atoms. The molecule has 0 amide bonds. The Morgan fingerprint density at radius 2 is 1.55 bits per heavy atom. The first-order valence-electron chi connectivity index (χ1n) is 15.5. The molecule has 1 aliphatic carbocycles. The van der Waals surface area contributed by atoms with E-state index < -0.39 is 30.1 Å². The predicted molar refractivity (Wildman–Crippen MR) is 168 cm³/mol. The molecule has 1 heterocycles. The van der Waals surface area contributed by atoms with Crippen LogP contribution in [0.15, 0.2) is 48.6 Å². The Labute approximate surface area is 250 Å². The van der Waals surface area contributed by atoms with Crippen molar-refractivity contribution in [3.8, 4) is 0 Å². The van der Waals surface area contributed by atoms with E-state index in [2.05, 4.69) is 13.5 Å². The number of halogens is 5. The van der Waals surface area contributed by atoms with Crippen LogP contribution in [0.4, 0.5) is 22.0 Å². The van der Waals surface area contributed by atoms with Crippen LogP contribution in [0, 0.1) is 24.5 Å². The van der Waals surface area contributed by atoms with Crippen molar-refractivity contribution in [2.75, 3.05) is 13.2 Å². The van der Waals surface area contributed by atoms with Gasteiger partial charge in [-0.1, -0.05) is 89.8 Å². The lowest BCUT2D eigenvalue weighted by atomic mass is 9.82. The number of benzene rings is 2. The van der Waals surface area contributed by atoms with Crippen LogP contribution in [-0.4, -0.2) is 30.1 Å². The van der Waals surface area contributed by atoms with E-state index in [9.17, 15) is 13.2 Å². The summed E-state index contributed by atoms with van der Waals surface area (Å²) in [5.74, 6) is -3.32. The SMILES string of the molecule is C=Cc1ccc(C2=C(C)C(c3c(F)cc(C)cc3F)N(CC(F)(F)CC)[C@H](C)C2)cc1.CC1CCCC1.CCCCF. The molecule has 0 aromatic heterocycles. The van der Waals surface area contributed by atoms with E-state index in [1.807, 2.05) is 38.1 Å². The van der Waals surface area contributed by atoms with Gasteiger partial charge in [-0.25, -0.2) is 17.6 Å². The highest BCUT2D eigenvalue weighted by atomic mass is 19.3. The van der Waals surface area contributed by atoms with E-state index in [-0.39, 0.29) is 24.7 Å². The average Bonchev–Trinajstić information content (AvgIpc) is 3.43. The van der Waals surface area contributed by atoms with E-state index in [0.29, 0.717) is 17.6 Å². The van der Waals surface area contributed by atoms with Gasteiger partial charge in [0.15, 0.2) is 0 Å².